The number of carbonyl (C=O) groups excluding carboxylic acids is 1. The number of anilines is 1. The van der Waals surface area contributed by atoms with Crippen LogP contribution in [0.1, 0.15) is 10.4 Å². The lowest BCUT2D eigenvalue weighted by Crippen LogP contribution is -2.49. The Balaban J connectivity index is 2.19. The summed E-state index contributed by atoms with van der Waals surface area (Å²) in [6.45, 7) is 0. The van der Waals surface area contributed by atoms with E-state index in [1.807, 2.05) is 0 Å². The highest BCUT2D eigenvalue weighted by Crippen LogP contribution is 2.31. The van der Waals surface area contributed by atoms with E-state index < -0.39 is 20.8 Å². The van der Waals surface area contributed by atoms with Crippen molar-refractivity contribution in [3.8, 4) is 0 Å². The average molecular weight is 468 g/mol. The van der Waals surface area contributed by atoms with Gasteiger partial charge in [0, 0.05) is 27.9 Å². The summed E-state index contributed by atoms with van der Waals surface area (Å²) >= 11 is 21.1. The maximum Gasteiger partial charge on any atom is 0.270 e. The van der Waals surface area contributed by atoms with Crippen LogP contribution in [0.5, 0.6) is 0 Å². The SMILES string of the molecule is O=C(NC(Nc1ccc(Br)cc1)C(Cl)(Cl)Cl)c1cccc([N+](=O)[O-])c1. The van der Waals surface area contributed by atoms with Crippen molar-refractivity contribution in [2.75, 3.05) is 5.32 Å². The number of nitrogens with one attached hydrogen (secondary N) is 2. The first-order chi connectivity index (χ1) is 11.7. The number of hydrogen-bond donors (Lipinski definition) is 2. The van der Waals surface area contributed by atoms with E-state index in [0.29, 0.717) is 5.69 Å². The largest absolute Gasteiger partial charge is 0.362 e. The van der Waals surface area contributed by atoms with Crippen molar-refractivity contribution in [1.29, 1.82) is 0 Å². The summed E-state index contributed by atoms with van der Waals surface area (Å²) in [4.78, 5) is 22.6. The summed E-state index contributed by atoms with van der Waals surface area (Å²) < 4.78 is -0.993. The zero-order valence-electron chi connectivity index (χ0n) is 12.4. The molecule has 2 rings (SSSR count). The van der Waals surface area contributed by atoms with Crippen LogP contribution < -0.4 is 10.6 Å². The third kappa shape index (κ3) is 5.74. The van der Waals surface area contributed by atoms with E-state index in [-0.39, 0.29) is 11.3 Å². The molecule has 0 aliphatic rings. The number of benzene rings is 2. The molecule has 2 N–H and O–H groups in total. The highest BCUT2D eigenvalue weighted by atomic mass is 79.9. The molecule has 1 atom stereocenters. The number of nitro benzene ring substituents is 1. The molecule has 132 valence electrons. The van der Waals surface area contributed by atoms with E-state index in [1.165, 1.54) is 18.2 Å². The maximum atomic E-state index is 12.4. The van der Waals surface area contributed by atoms with Crippen molar-refractivity contribution >= 4 is 68.0 Å². The summed E-state index contributed by atoms with van der Waals surface area (Å²) in [5.74, 6) is -0.621. The van der Waals surface area contributed by atoms with E-state index in [4.69, 9.17) is 34.8 Å². The molecule has 1 unspecified atom stereocenters. The van der Waals surface area contributed by atoms with Gasteiger partial charge in [0.05, 0.1) is 4.92 Å². The van der Waals surface area contributed by atoms with Crippen LogP contribution in [0.15, 0.2) is 53.0 Å². The molecule has 1 amide bonds. The molecule has 6 nitrogen and oxygen atoms in total. The molecule has 2 aromatic carbocycles. The predicted octanol–water partition coefficient (Wildman–Crippen LogP) is 4.90. The predicted molar refractivity (Wildman–Crippen MR) is 102 cm³/mol. The van der Waals surface area contributed by atoms with E-state index >= 15 is 0 Å². The van der Waals surface area contributed by atoms with E-state index in [1.54, 1.807) is 24.3 Å². The summed E-state index contributed by atoms with van der Waals surface area (Å²) in [6, 6.07) is 12.3. The first kappa shape index (κ1) is 19.8. The van der Waals surface area contributed by atoms with Crippen LogP contribution in [0, 0.1) is 10.1 Å². The van der Waals surface area contributed by atoms with Gasteiger partial charge in [-0.15, -0.1) is 0 Å². The molecule has 0 aliphatic heterocycles. The van der Waals surface area contributed by atoms with Crippen LogP contribution in [-0.4, -0.2) is 20.8 Å². The molecule has 25 heavy (non-hydrogen) atoms. The number of halogens is 4. The van der Waals surface area contributed by atoms with Gasteiger partial charge in [0.2, 0.25) is 3.79 Å². The average Bonchev–Trinajstić information content (AvgIpc) is 2.55. The Hall–Kier alpha value is -1.54. The lowest BCUT2D eigenvalue weighted by molar-refractivity contribution is -0.384. The Morgan fingerprint density at radius 1 is 1.16 bits per heavy atom. The second kappa shape index (κ2) is 8.23. The Bertz CT molecular complexity index is 782. The van der Waals surface area contributed by atoms with Crippen LogP contribution in [0.25, 0.3) is 0 Å². The highest BCUT2D eigenvalue weighted by molar-refractivity contribution is 9.10. The van der Waals surface area contributed by atoms with Crippen molar-refractivity contribution < 1.29 is 9.72 Å². The zero-order valence-corrected chi connectivity index (χ0v) is 16.2. The molecule has 0 saturated heterocycles. The maximum absolute atomic E-state index is 12.4. The fourth-order valence-electron chi connectivity index (χ4n) is 1.89. The quantitative estimate of drug-likeness (QED) is 0.284. The molecule has 0 spiro atoms. The lowest BCUT2D eigenvalue weighted by Gasteiger charge is -2.27. The second-order valence-electron chi connectivity index (χ2n) is 4.91. The first-order valence-corrected chi connectivity index (χ1v) is 8.73. The zero-order chi connectivity index (χ0) is 18.6. The number of alkyl halides is 3. The van der Waals surface area contributed by atoms with Crippen LogP contribution >= 0.6 is 50.7 Å². The summed E-state index contributed by atoms with van der Waals surface area (Å²) in [7, 11) is 0. The normalized spacial score (nSPS) is 12.3. The standard InChI is InChI=1S/C15H11BrCl3N3O3/c16-10-4-6-11(7-5-10)20-14(15(17,18)19)21-13(23)9-2-1-3-12(8-9)22(24)25/h1-8,14,20H,(H,21,23). The Labute approximate surface area is 166 Å². The number of nitrogens with zero attached hydrogens (tertiary/aromatic N) is 1. The molecule has 0 radical (unpaired) electrons. The van der Waals surface area contributed by atoms with Crippen LogP contribution in [0.3, 0.4) is 0 Å². The minimum Gasteiger partial charge on any atom is -0.362 e. The van der Waals surface area contributed by atoms with Crippen molar-refractivity contribution in [2.24, 2.45) is 0 Å². The smallest absolute Gasteiger partial charge is 0.270 e. The molecule has 0 aromatic heterocycles. The third-order valence-electron chi connectivity index (χ3n) is 3.08. The molecule has 0 saturated carbocycles. The van der Waals surface area contributed by atoms with Crippen LogP contribution in [0.4, 0.5) is 11.4 Å². The van der Waals surface area contributed by atoms with E-state index in [2.05, 4.69) is 26.6 Å². The number of amides is 1. The fourth-order valence-corrected chi connectivity index (χ4v) is 2.48. The van der Waals surface area contributed by atoms with Gasteiger partial charge in [0.1, 0.15) is 6.17 Å². The number of non-ortho nitro benzene ring substituents is 1. The van der Waals surface area contributed by atoms with E-state index in [0.717, 1.165) is 10.5 Å². The van der Waals surface area contributed by atoms with Crippen molar-refractivity contribution in [3.63, 3.8) is 0 Å². The van der Waals surface area contributed by atoms with Gasteiger partial charge in [0.25, 0.3) is 11.6 Å². The molecule has 0 bridgehead atoms. The van der Waals surface area contributed by atoms with Gasteiger partial charge in [-0.1, -0.05) is 56.8 Å². The van der Waals surface area contributed by atoms with Crippen molar-refractivity contribution in [1.82, 2.24) is 5.32 Å². The Morgan fingerprint density at radius 3 is 2.36 bits per heavy atom. The topological polar surface area (TPSA) is 84.3 Å². The lowest BCUT2D eigenvalue weighted by atomic mass is 10.2. The van der Waals surface area contributed by atoms with Gasteiger partial charge in [-0.25, -0.2) is 0 Å². The molecule has 2 aromatic rings. The van der Waals surface area contributed by atoms with Crippen molar-refractivity contribution in [2.45, 2.75) is 9.96 Å². The molecule has 0 aliphatic carbocycles. The van der Waals surface area contributed by atoms with Gasteiger partial charge in [-0.05, 0) is 30.3 Å². The molecular formula is C15H11BrCl3N3O3. The molecule has 0 heterocycles. The number of hydrogen-bond acceptors (Lipinski definition) is 4. The second-order valence-corrected chi connectivity index (χ2v) is 8.19. The minimum atomic E-state index is -1.86. The first-order valence-electron chi connectivity index (χ1n) is 6.81. The van der Waals surface area contributed by atoms with Gasteiger partial charge >= 0.3 is 0 Å². The number of nitro groups is 1. The highest BCUT2D eigenvalue weighted by Gasteiger charge is 2.34. The summed E-state index contributed by atoms with van der Waals surface area (Å²) in [5, 5.41) is 16.2. The van der Waals surface area contributed by atoms with Gasteiger partial charge < -0.3 is 10.6 Å². The number of rotatable bonds is 5. The van der Waals surface area contributed by atoms with Crippen LogP contribution in [-0.2, 0) is 0 Å². The Kier molecular flexibility index (Phi) is 6.51. The monoisotopic (exact) mass is 465 g/mol. The Morgan fingerprint density at radius 2 is 1.80 bits per heavy atom. The molecular weight excluding hydrogens is 456 g/mol. The van der Waals surface area contributed by atoms with E-state index in [9.17, 15) is 14.9 Å². The molecule has 0 fully saturated rings. The molecule has 10 heteroatoms. The minimum absolute atomic E-state index is 0.0751. The third-order valence-corrected chi connectivity index (χ3v) is 4.26. The van der Waals surface area contributed by atoms with Crippen LogP contribution in [0.2, 0.25) is 0 Å². The van der Waals surface area contributed by atoms with Gasteiger partial charge in [-0.3, -0.25) is 14.9 Å². The van der Waals surface area contributed by atoms with Gasteiger partial charge in [-0.2, -0.15) is 0 Å². The van der Waals surface area contributed by atoms with Gasteiger partial charge in [0.15, 0.2) is 0 Å². The number of carbonyl (C=O) groups is 1. The van der Waals surface area contributed by atoms with Crippen molar-refractivity contribution in [3.05, 3.63) is 68.7 Å². The fraction of sp³-hybridized carbons (Fsp3) is 0.133. The summed E-state index contributed by atoms with van der Waals surface area (Å²) in [5.41, 5.74) is 0.476. The summed E-state index contributed by atoms with van der Waals surface area (Å²) in [6.07, 6.45) is -1.06.